The highest BCUT2D eigenvalue weighted by Gasteiger charge is 2.01. The molecule has 0 spiro atoms. The Hall–Kier alpha value is -1.55. The Morgan fingerprint density at radius 2 is 2.07 bits per heavy atom. The third-order valence-electron chi connectivity index (χ3n) is 2.04. The molecule has 0 radical (unpaired) electrons. The highest BCUT2D eigenvalue weighted by molar-refractivity contribution is 6.28. The molecule has 15 heavy (non-hydrogen) atoms. The summed E-state index contributed by atoms with van der Waals surface area (Å²) in [5, 5.41) is 6.76. The van der Waals surface area contributed by atoms with Crippen LogP contribution in [-0.4, -0.2) is 22.3 Å². The van der Waals surface area contributed by atoms with E-state index >= 15 is 0 Å². The summed E-state index contributed by atoms with van der Waals surface area (Å²) in [6, 6.07) is 7.78. The molecule has 0 amide bonds. The van der Waals surface area contributed by atoms with Gasteiger partial charge in [-0.15, -0.1) is 5.10 Å². The van der Waals surface area contributed by atoms with Crippen molar-refractivity contribution in [2.75, 3.05) is 7.11 Å². The molecule has 0 saturated heterocycles. The zero-order valence-electron chi connectivity index (χ0n) is 8.20. The fourth-order valence-electron chi connectivity index (χ4n) is 1.29. The first-order valence-electron chi connectivity index (χ1n) is 4.47. The van der Waals surface area contributed by atoms with Gasteiger partial charge in [0.1, 0.15) is 11.6 Å². The van der Waals surface area contributed by atoms with Crippen molar-refractivity contribution in [1.29, 1.82) is 0 Å². The van der Waals surface area contributed by atoms with Crippen molar-refractivity contribution in [3.8, 4) is 5.75 Å². The number of ether oxygens (including phenoxy) is 1. The maximum Gasteiger partial charge on any atom is 0.242 e. The lowest BCUT2D eigenvalue weighted by atomic mass is 10.1. The van der Waals surface area contributed by atoms with Crippen molar-refractivity contribution in [2.45, 2.75) is 6.42 Å². The van der Waals surface area contributed by atoms with Gasteiger partial charge in [-0.2, -0.15) is 0 Å². The zero-order chi connectivity index (χ0) is 10.7. The van der Waals surface area contributed by atoms with Crippen molar-refractivity contribution in [3.05, 3.63) is 40.9 Å². The molecule has 0 atom stereocenters. The van der Waals surface area contributed by atoms with Gasteiger partial charge >= 0.3 is 0 Å². The minimum absolute atomic E-state index is 0.249. The number of H-pyrrole nitrogens is 1. The summed E-state index contributed by atoms with van der Waals surface area (Å²) in [5.74, 6) is 1.60. The molecule has 2 rings (SSSR count). The number of methoxy groups -OCH3 is 1. The van der Waals surface area contributed by atoms with Crippen molar-refractivity contribution in [2.24, 2.45) is 0 Å². The van der Waals surface area contributed by atoms with Gasteiger partial charge in [-0.25, -0.2) is 4.98 Å². The van der Waals surface area contributed by atoms with Crippen molar-refractivity contribution < 1.29 is 4.74 Å². The van der Waals surface area contributed by atoms with E-state index in [0.29, 0.717) is 6.42 Å². The third-order valence-corrected chi connectivity index (χ3v) is 2.20. The summed E-state index contributed by atoms with van der Waals surface area (Å²) >= 11 is 5.60. The Kier molecular flexibility index (Phi) is 2.87. The molecule has 0 aliphatic carbocycles. The molecule has 1 heterocycles. The van der Waals surface area contributed by atoms with Crippen molar-refractivity contribution >= 4 is 11.6 Å². The quantitative estimate of drug-likeness (QED) is 0.867. The number of hydrogen-bond donors (Lipinski definition) is 1. The van der Waals surface area contributed by atoms with Gasteiger partial charge in [0.15, 0.2) is 0 Å². The lowest BCUT2D eigenvalue weighted by molar-refractivity contribution is 0.414. The number of aromatic nitrogens is 3. The van der Waals surface area contributed by atoms with E-state index in [9.17, 15) is 0 Å². The first-order chi connectivity index (χ1) is 7.28. The molecular weight excluding hydrogens is 214 g/mol. The van der Waals surface area contributed by atoms with Gasteiger partial charge in [0, 0.05) is 6.42 Å². The van der Waals surface area contributed by atoms with Gasteiger partial charge in [-0.1, -0.05) is 12.1 Å². The maximum atomic E-state index is 5.60. The van der Waals surface area contributed by atoms with Crippen LogP contribution in [-0.2, 0) is 6.42 Å². The van der Waals surface area contributed by atoms with E-state index < -0.39 is 0 Å². The molecule has 0 unspecified atom stereocenters. The summed E-state index contributed by atoms with van der Waals surface area (Å²) in [7, 11) is 1.64. The molecule has 5 heteroatoms. The number of rotatable bonds is 3. The van der Waals surface area contributed by atoms with Crippen LogP contribution in [0.4, 0.5) is 0 Å². The fraction of sp³-hybridized carbons (Fsp3) is 0.200. The van der Waals surface area contributed by atoms with Crippen LogP contribution in [0.1, 0.15) is 11.4 Å². The van der Waals surface area contributed by atoms with E-state index in [1.54, 1.807) is 7.11 Å². The Labute approximate surface area is 92.3 Å². The lowest BCUT2D eigenvalue weighted by Crippen LogP contribution is -1.91. The van der Waals surface area contributed by atoms with Crippen LogP contribution in [0.3, 0.4) is 0 Å². The summed E-state index contributed by atoms with van der Waals surface area (Å²) in [6.07, 6.45) is 0.684. The highest BCUT2D eigenvalue weighted by Crippen LogP contribution is 2.13. The topological polar surface area (TPSA) is 50.8 Å². The largest absolute Gasteiger partial charge is 0.497 e. The summed E-state index contributed by atoms with van der Waals surface area (Å²) in [4.78, 5) is 4.02. The normalized spacial score (nSPS) is 10.3. The molecule has 1 aromatic heterocycles. The van der Waals surface area contributed by atoms with E-state index in [-0.39, 0.29) is 5.28 Å². The van der Waals surface area contributed by atoms with Crippen LogP contribution in [0.15, 0.2) is 24.3 Å². The molecule has 1 N–H and O–H groups in total. The number of benzene rings is 1. The molecule has 1 aromatic carbocycles. The lowest BCUT2D eigenvalue weighted by Gasteiger charge is -2.00. The molecule has 0 aliphatic rings. The van der Waals surface area contributed by atoms with Crippen molar-refractivity contribution in [3.63, 3.8) is 0 Å². The minimum atomic E-state index is 0.249. The predicted octanol–water partition coefficient (Wildman–Crippen LogP) is 2.06. The van der Waals surface area contributed by atoms with Crippen LogP contribution in [0.2, 0.25) is 5.28 Å². The van der Waals surface area contributed by atoms with Crippen LogP contribution in [0, 0.1) is 0 Å². The van der Waals surface area contributed by atoms with Crippen LogP contribution in [0.5, 0.6) is 5.75 Å². The van der Waals surface area contributed by atoms with Crippen molar-refractivity contribution in [1.82, 2.24) is 15.2 Å². The average molecular weight is 224 g/mol. The number of nitrogens with zero attached hydrogens (tertiary/aromatic N) is 2. The monoisotopic (exact) mass is 223 g/mol. The molecule has 4 nitrogen and oxygen atoms in total. The van der Waals surface area contributed by atoms with E-state index in [2.05, 4.69) is 15.2 Å². The zero-order valence-corrected chi connectivity index (χ0v) is 8.95. The first-order valence-corrected chi connectivity index (χ1v) is 4.85. The third kappa shape index (κ3) is 2.47. The maximum absolute atomic E-state index is 5.60. The second kappa shape index (κ2) is 4.31. The second-order valence-electron chi connectivity index (χ2n) is 3.08. The molecule has 0 aliphatic heterocycles. The first kappa shape index (κ1) is 9.98. The SMILES string of the molecule is COc1ccc(Cc2nc(Cl)n[nH]2)cc1. The number of halogens is 1. The van der Waals surface area contributed by atoms with E-state index in [1.807, 2.05) is 24.3 Å². The van der Waals surface area contributed by atoms with E-state index in [4.69, 9.17) is 16.3 Å². The van der Waals surface area contributed by atoms with E-state index in [0.717, 1.165) is 17.1 Å². The summed E-state index contributed by atoms with van der Waals surface area (Å²) in [6.45, 7) is 0. The number of hydrogen-bond acceptors (Lipinski definition) is 3. The number of aromatic amines is 1. The van der Waals surface area contributed by atoms with Crippen LogP contribution >= 0.6 is 11.6 Å². The van der Waals surface area contributed by atoms with Crippen LogP contribution < -0.4 is 4.74 Å². The van der Waals surface area contributed by atoms with Gasteiger partial charge in [-0.3, -0.25) is 5.10 Å². The predicted molar refractivity (Wildman–Crippen MR) is 57.2 cm³/mol. The molecular formula is C10H10ClN3O. The average Bonchev–Trinajstić information content (AvgIpc) is 2.65. The Morgan fingerprint density at radius 1 is 1.33 bits per heavy atom. The Balaban J connectivity index is 2.11. The van der Waals surface area contributed by atoms with Crippen LogP contribution in [0.25, 0.3) is 0 Å². The van der Waals surface area contributed by atoms with Gasteiger partial charge in [-0.05, 0) is 29.3 Å². The standard InChI is InChI=1S/C10H10ClN3O/c1-15-8-4-2-7(3-5-8)6-9-12-10(11)14-13-9/h2-5H,6H2,1H3,(H,12,13,14). The molecule has 2 aromatic rings. The molecule has 0 saturated carbocycles. The van der Waals surface area contributed by atoms with Gasteiger partial charge in [0.2, 0.25) is 5.28 Å². The highest BCUT2D eigenvalue weighted by atomic mass is 35.5. The van der Waals surface area contributed by atoms with Gasteiger partial charge in [0.25, 0.3) is 0 Å². The minimum Gasteiger partial charge on any atom is -0.497 e. The Morgan fingerprint density at radius 3 is 2.60 bits per heavy atom. The fourth-order valence-corrected chi connectivity index (χ4v) is 1.43. The smallest absolute Gasteiger partial charge is 0.242 e. The Bertz CT molecular complexity index is 438. The second-order valence-corrected chi connectivity index (χ2v) is 3.41. The molecule has 0 bridgehead atoms. The van der Waals surface area contributed by atoms with E-state index in [1.165, 1.54) is 0 Å². The number of nitrogens with one attached hydrogen (secondary N) is 1. The summed E-state index contributed by atoms with van der Waals surface area (Å²) < 4.78 is 5.07. The summed E-state index contributed by atoms with van der Waals surface area (Å²) in [5.41, 5.74) is 1.13. The van der Waals surface area contributed by atoms with Gasteiger partial charge in [0.05, 0.1) is 7.11 Å². The van der Waals surface area contributed by atoms with Gasteiger partial charge < -0.3 is 4.74 Å². The molecule has 78 valence electrons. The molecule has 0 fully saturated rings.